The van der Waals surface area contributed by atoms with Gasteiger partial charge < -0.3 is 65.2 Å². The Hall–Kier alpha value is -10.5. The summed E-state index contributed by atoms with van der Waals surface area (Å²) in [7, 11) is 7.73. The average molecular weight is 1280 g/mol. The molecule has 1 saturated heterocycles. The number of ether oxygens (including phenoxy) is 2. The Bertz CT molecular complexity index is 4280. The third kappa shape index (κ3) is 13.0. The Kier molecular flexibility index (Phi) is 18.5. The summed E-state index contributed by atoms with van der Waals surface area (Å²) < 4.78 is 19.0. The second-order valence-corrected chi connectivity index (χ2v) is 25.2. The van der Waals surface area contributed by atoms with Crippen molar-refractivity contribution < 1.29 is 52.6 Å². The van der Waals surface area contributed by atoms with Gasteiger partial charge in [-0.3, -0.25) is 33.6 Å². The van der Waals surface area contributed by atoms with Gasteiger partial charge in [0.25, 0.3) is 17.7 Å². The van der Waals surface area contributed by atoms with Crippen molar-refractivity contribution in [3.8, 4) is 39.7 Å². The van der Waals surface area contributed by atoms with Crippen LogP contribution in [-0.4, -0.2) is 144 Å². The smallest absolute Gasteiger partial charge is 0.340 e. The number of esters is 1. The van der Waals surface area contributed by atoms with Crippen molar-refractivity contribution in [3.63, 3.8) is 0 Å². The lowest BCUT2D eigenvalue weighted by molar-refractivity contribution is -0.133. The van der Waals surface area contributed by atoms with Gasteiger partial charge in [0.05, 0.1) is 5.56 Å². The number of piperazine rings is 1. The molecule has 490 valence electrons. The summed E-state index contributed by atoms with van der Waals surface area (Å²) >= 11 is 0. The van der Waals surface area contributed by atoms with Gasteiger partial charge in [-0.15, -0.1) is 0 Å². The highest BCUT2D eigenvalue weighted by molar-refractivity contribution is 6.08. The molecule has 1 saturated carbocycles. The molecule has 1 atom stereocenters. The molecule has 0 bridgehead atoms. The minimum atomic E-state index is -1.35. The molecule has 6 aromatic rings. The number of phenolic OH excluding ortho intramolecular Hbond substituents is 1. The van der Waals surface area contributed by atoms with Crippen molar-refractivity contribution in [1.82, 2.24) is 31.5 Å². The van der Waals surface area contributed by atoms with Crippen molar-refractivity contribution in [2.75, 3.05) is 95.2 Å². The van der Waals surface area contributed by atoms with E-state index in [0.717, 1.165) is 56.2 Å². The van der Waals surface area contributed by atoms with Crippen LogP contribution in [0.4, 0.5) is 17.1 Å². The standard InChI is InChI=1S/C74H77N9O12/c1-6-82-34-36-83(37-35-82)49-17-13-45(14-18-49)69(89)79-73(29-9-7-10-30-73)72(92)78-61(70(90)77-33-32-76-67(87)46-15-23-54(48(38-46)44-84)66-55-24-21-52(85)42-62(55)93-63-43-53(86)22-25-56(63)66)12-8-11-31-75-68(88)47-16-26-58-57(39-47)71(91)95-74(58)59-27-19-50(80(2)3)40-64(59)94-65-41-51(81(4)5)20-28-60(65)74/h13-28,38-44,61,85H,6-12,29-37H2,1-5H3,(H,75,88)(H,76,87)(H,77,90)(H,78,92)(H,79,89)/t61-/m0/s1. The maximum Gasteiger partial charge on any atom is 0.340 e. The number of unbranched alkanes of at least 4 members (excludes halogenated alkanes) is 1. The molecule has 2 aliphatic carbocycles. The number of carbonyl (C=O) groups is 7. The van der Waals surface area contributed by atoms with Crippen LogP contribution in [0.25, 0.3) is 33.4 Å². The van der Waals surface area contributed by atoms with Gasteiger partial charge in [0.2, 0.25) is 11.8 Å². The summed E-state index contributed by atoms with van der Waals surface area (Å²) in [5.74, 6) is -1.72. The van der Waals surface area contributed by atoms with Crippen LogP contribution < -0.4 is 51.4 Å². The monoisotopic (exact) mass is 1280 g/mol. The molecule has 4 aliphatic heterocycles. The van der Waals surface area contributed by atoms with Crippen LogP contribution in [0, 0.1) is 0 Å². The number of aldehydes is 1. The maximum absolute atomic E-state index is 14.8. The molecule has 21 nitrogen and oxygen atoms in total. The van der Waals surface area contributed by atoms with Gasteiger partial charge in [-0.25, -0.2) is 4.79 Å². The number of hydrogen-bond acceptors (Lipinski definition) is 16. The molecular weight excluding hydrogens is 1210 g/mol. The highest BCUT2D eigenvalue weighted by atomic mass is 16.6. The van der Waals surface area contributed by atoms with Crippen molar-refractivity contribution >= 4 is 69.8 Å². The van der Waals surface area contributed by atoms with E-state index >= 15 is 0 Å². The molecule has 6 aliphatic rings. The van der Waals surface area contributed by atoms with Crippen LogP contribution in [0.15, 0.2) is 143 Å². The third-order valence-corrected chi connectivity index (χ3v) is 18.8. The number of rotatable bonds is 21. The quantitative estimate of drug-likeness (QED) is 0.0170. The molecule has 21 heteroatoms. The number of likely N-dealkylation sites (N-methyl/N-ethyl adjacent to an activating group) is 1. The Labute approximate surface area is 550 Å². The fourth-order valence-electron chi connectivity index (χ4n) is 13.5. The molecule has 5 amide bonds. The number of hydrogen-bond donors (Lipinski definition) is 6. The Morgan fingerprint density at radius 3 is 1.94 bits per heavy atom. The van der Waals surface area contributed by atoms with E-state index in [1.165, 1.54) is 30.3 Å². The zero-order chi connectivity index (χ0) is 66.7. The zero-order valence-electron chi connectivity index (χ0n) is 53.9. The van der Waals surface area contributed by atoms with Gasteiger partial charge in [-0.2, -0.15) is 0 Å². The van der Waals surface area contributed by atoms with Crippen LogP contribution in [0.2, 0.25) is 0 Å². The van der Waals surface area contributed by atoms with Gasteiger partial charge in [-0.05, 0) is 141 Å². The van der Waals surface area contributed by atoms with Crippen LogP contribution >= 0.6 is 0 Å². The van der Waals surface area contributed by atoms with Crippen LogP contribution in [-0.2, 0) is 19.9 Å². The SMILES string of the molecule is CCN1CCN(c2ccc(C(=O)NC3(C(=O)N[C@@H](CCCCNC(=O)c4ccc5c(c4)C(=O)OC54c5ccc(N(C)C)cc5Oc5cc(N(C)C)ccc54)C(=O)NCCNC(=O)c4ccc(-c5c6ccc(=O)cc-6oc6cc(O)ccc56)c(C=O)c4)CCCCC3)cc2)CC1. The molecule has 0 unspecified atom stereocenters. The van der Waals surface area contributed by atoms with Crippen molar-refractivity contribution in [2.24, 2.45) is 0 Å². The van der Waals surface area contributed by atoms with E-state index in [-0.39, 0.29) is 70.8 Å². The second kappa shape index (κ2) is 27.2. The molecule has 6 N–H and O–H groups in total. The van der Waals surface area contributed by atoms with Gasteiger partial charge in [0.1, 0.15) is 40.2 Å². The predicted molar refractivity (Wildman–Crippen MR) is 362 cm³/mol. The summed E-state index contributed by atoms with van der Waals surface area (Å²) in [5, 5.41) is 25.6. The van der Waals surface area contributed by atoms with E-state index in [4.69, 9.17) is 13.9 Å². The largest absolute Gasteiger partial charge is 0.508 e. The molecular formula is C74H77N9O12. The van der Waals surface area contributed by atoms with Gasteiger partial charge >= 0.3 is 5.97 Å². The lowest BCUT2D eigenvalue weighted by Gasteiger charge is -2.38. The number of phenols is 1. The predicted octanol–water partition coefficient (Wildman–Crippen LogP) is 8.99. The zero-order valence-corrected chi connectivity index (χ0v) is 53.9. The van der Waals surface area contributed by atoms with Gasteiger partial charge in [0.15, 0.2) is 17.3 Å². The first-order chi connectivity index (χ1) is 45.9. The maximum atomic E-state index is 14.8. The average Bonchev–Trinajstić information content (AvgIpc) is 1.61. The molecule has 1 spiro atoms. The van der Waals surface area contributed by atoms with Crippen LogP contribution in [0.1, 0.15) is 127 Å². The Morgan fingerprint density at radius 2 is 1.26 bits per heavy atom. The van der Waals surface area contributed by atoms with E-state index in [9.17, 15) is 43.5 Å². The van der Waals surface area contributed by atoms with E-state index in [0.29, 0.717) is 101 Å². The minimum Gasteiger partial charge on any atom is -0.508 e. The molecule has 95 heavy (non-hydrogen) atoms. The van der Waals surface area contributed by atoms with Crippen LogP contribution in [0.5, 0.6) is 17.2 Å². The number of anilines is 3. The summed E-state index contributed by atoms with van der Waals surface area (Å²) in [6.07, 6.45) is 4.45. The summed E-state index contributed by atoms with van der Waals surface area (Å²) in [6.45, 7) is 6.90. The topological polar surface area (TPSA) is 262 Å². The second-order valence-electron chi connectivity index (χ2n) is 25.2. The highest BCUT2D eigenvalue weighted by Crippen LogP contribution is 2.57. The van der Waals surface area contributed by atoms with Gasteiger partial charge in [-0.1, -0.05) is 38.3 Å². The first-order valence-electron chi connectivity index (χ1n) is 32.4. The Morgan fingerprint density at radius 1 is 0.632 bits per heavy atom. The fraction of sp³-hybridized carbons (Fsp3) is 0.324. The number of amides is 5. The van der Waals surface area contributed by atoms with Crippen molar-refractivity contribution in [2.45, 2.75) is 75.5 Å². The first-order valence-corrected chi connectivity index (χ1v) is 32.4. The highest BCUT2D eigenvalue weighted by Gasteiger charge is 2.54. The minimum absolute atomic E-state index is 0.0364. The molecule has 0 aromatic heterocycles. The summed E-state index contributed by atoms with van der Waals surface area (Å²) in [4.78, 5) is 119. The lowest BCUT2D eigenvalue weighted by atomic mass is 9.77. The van der Waals surface area contributed by atoms with Crippen molar-refractivity contribution in [3.05, 3.63) is 188 Å². The number of nitrogens with one attached hydrogen (secondary N) is 5. The van der Waals surface area contributed by atoms with Gasteiger partial charge in [0, 0.05) is 171 Å². The van der Waals surface area contributed by atoms with Crippen molar-refractivity contribution in [1.29, 1.82) is 0 Å². The normalized spacial score (nSPS) is 15.5. The van der Waals surface area contributed by atoms with E-state index < -0.39 is 52.7 Å². The molecule has 2 fully saturated rings. The number of carbonyl (C=O) groups excluding carboxylic acids is 7. The number of benzene rings is 7. The molecule has 6 aromatic carbocycles. The number of fused-ring (bicyclic) bond motifs is 8. The fourth-order valence-corrected chi connectivity index (χ4v) is 13.5. The van der Waals surface area contributed by atoms with E-state index in [1.807, 2.05) is 86.5 Å². The summed E-state index contributed by atoms with van der Waals surface area (Å²) in [5.41, 5.74) is 4.78. The summed E-state index contributed by atoms with van der Waals surface area (Å²) in [6, 6.07) is 36.3. The third-order valence-electron chi connectivity index (χ3n) is 18.8. The molecule has 4 heterocycles. The Balaban J connectivity index is 0.727. The molecule has 12 rings (SSSR count). The number of aromatic hydroxyl groups is 1. The number of nitrogens with zero attached hydrogens (tertiary/aromatic N) is 4. The van der Waals surface area contributed by atoms with E-state index in [1.54, 1.807) is 54.6 Å². The lowest BCUT2D eigenvalue weighted by Crippen LogP contribution is -2.62. The molecule has 0 radical (unpaired) electrons. The van der Waals surface area contributed by atoms with Crippen LogP contribution in [0.3, 0.4) is 0 Å². The van der Waals surface area contributed by atoms with E-state index in [2.05, 4.69) is 43.3 Å². The first kappa shape index (κ1) is 64.6.